The monoisotopic (exact) mass is 658 g/mol. The van der Waals surface area contributed by atoms with Gasteiger partial charge in [-0.3, -0.25) is 0 Å². The summed E-state index contributed by atoms with van der Waals surface area (Å²) >= 11 is 0. The van der Waals surface area contributed by atoms with Crippen molar-refractivity contribution in [3.05, 3.63) is 206 Å². The minimum atomic E-state index is 1.02. The Morgan fingerprint density at radius 1 is 0.346 bits per heavy atom. The van der Waals surface area contributed by atoms with Crippen molar-refractivity contribution in [2.45, 2.75) is 0 Å². The lowest BCUT2D eigenvalue weighted by Crippen LogP contribution is -1.91. The van der Waals surface area contributed by atoms with Gasteiger partial charge in [0.2, 0.25) is 0 Å². The molecule has 0 radical (unpaired) electrons. The molecule has 0 amide bonds. The molecule has 0 bridgehead atoms. The minimum absolute atomic E-state index is 1.02. The zero-order valence-corrected chi connectivity index (χ0v) is 28.7. The Kier molecular flexibility index (Phi) is 6.91. The Morgan fingerprint density at radius 3 is 1.58 bits per heavy atom. The average Bonchev–Trinajstić information content (AvgIpc) is 3.72. The van der Waals surface area contributed by atoms with Gasteiger partial charge in [-0.1, -0.05) is 183 Å². The first-order chi connectivity index (χ1) is 25.7. The quantitative estimate of drug-likeness (QED) is 0.165. The summed E-state index contributed by atoms with van der Waals surface area (Å²) in [5.41, 5.74) is 6.95. The van der Waals surface area contributed by atoms with Gasteiger partial charge < -0.3 is 0 Å². The molecule has 0 heteroatoms. The van der Waals surface area contributed by atoms with Crippen LogP contribution in [0.2, 0.25) is 0 Å². The first-order valence-corrected chi connectivity index (χ1v) is 17.9. The second kappa shape index (κ2) is 11.9. The molecule has 0 atom stereocenters. The lowest BCUT2D eigenvalue weighted by atomic mass is 9.89. The molecule has 52 heavy (non-hydrogen) atoms. The van der Waals surface area contributed by atoms with Crippen LogP contribution in [-0.4, -0.2) is 0 Å². The summed E-state index contributed by atoms with van der Waals surface area (Å²) in [6.07, 6.45) is 1.92. The van der Waals surface area contributed by atoms with Gasteiger partial charge in [0.1, 0.15) is 0 Å². The van der Waals surface area contributed by atoms with Gasteiger partial charge in [-0.05, 0) is 121 Å². The molecule has 242 valence electrons. The first kappa shape index (κ1) is 30.1. The maximum atomic E-state index is 4.62. The van der Waals surface area contributed by atoms with E-state index < -0.39 is 0 Å². The van der Waals surface area contributed by atoms with Gasteiger partial charge in [-0.15, -0.1) is 0 Å². The van der Waals surface area contributed by atoms with Gasteiger partial charge in [0.25, 0.3) is 0 Å². The fourth-order valence-corrected chi connectivity index (χ4v) is 8.72. The molecule has 0 saturated heterocycles. The van der Waals surface area contributed by atoms with Gasteiger partial charge in [-0.25, -0.2) is 0 Å². The molecule has 11 aromatic carbocycles. The van der Waals surface area contributed by atoms with Crippen LogP contribution >= 0.6 is 0 Å². The highest BCUT2D eigenvalue weighted by molar-refractivity contribution is 6.41. The van der Waals surface area contributed by atoms with E-state index in [1.54, 1.807) is 0 Å². The molecule has 0 N–H and O–H groups in total. The minimum Gasteiger partial charge on any atom is -0.0984 e. The van der Waals surface area contributed by atoms with E-state index >= 15 is 0 Å². The predicted octanol–water partition coefficient (Wildman–Crippen LogP) is 14.7. The van der Waals surface area contributed by atoms with Gasteiger partial charge in [-0.2, -0.15) is 0 Å². The van der Waals surface area contributed by atoms with Crippen LogP contribution in [0.4, 0.5) is 0 Å². The summed E-state index contributed by atoms with van der Waals surface area (Å²) in [6, 6.07) is 63.4. The number of hydrogen-bond donors (Lipinski definition) is 0. The summed E-state index contributed by atoms with van der Waals surface area (Å²) in [5, 5.41) is 18.4. The van der Waals surface area contributed by atoms with E-state index in [1.807, 2.05) is 42.5 Å². The zero-order chi connectivity index (χ0) is 34.8. The van der Waals surface area contributed by atoms with Crippen molar-refractivity contribution in [3.8, 4) is 11.1 Å². The SMILES string of the molecule is C=Cc1ccccc1C(=C)c1ccc2c3cc4c(cc5c6ccccc6c6cccc4c65)c(-c4ccccc4)c3c3cccc1c23.c1ccccc1. The van der Waals surface area contributed by atoms with Crippen molar-refractivity contribution in [2.75, 3.05) is 0 Å². The number of hydrogen-bond acceptors (Lipinski definition) is 0. The fraction of sp³-hybridized carbons (Fsp3) is 0. The highest BCUT2D eigenvalue weighted by atomic mass is 14.3. The molecular weight excluding hydrogens is 625 g/mol. The molecule has 0 saturated carbocycles. The van der Waals surface area contributed by atoms with E-state index in [4.69, 9.17) is 0 Å². The third-order valence-electron chi connectivity index (χ3n) is 10.9. The third-order valence-corrected chi connectivity index (χ3v) is 10.9. The number of rotatable bonds is 4. The van der Waals surface area contributed by atoms with Gasteiger partial charge in [0.15, 0.2) is 0 Å². The molecule has 0 aliphatic heterocycles. The third kappa shape index (κ3) is 4.41. The van der Waals surface area contributed by atoms with Crippen molar-refractivity contribution in [3.63, 3.8) is 0 Å². The van der Waals surface area contributed by atoms with Crippen molar-refractivity contribution in [2.24, 2.45) is 0 Å². The average molecular weight is 659 g/mol. The Hall–Kier alpha value is -6.76. The van der Waals surface area contributed by atoms with Gasteiger partial charge in [0, 0.05) is 0 Å². The topological polar surface area (TPSA) is 0 Å². The summed E-state index contributed by atoms with van der Waals surface area (Å²) in [7, 11) is 0. The van der Waals surface area contributed by atoms with E-state index in [0.717, 1.165) is 22.3 Å². The maximum Gasteiger partial charge on any atom is -0.00137 e. The van der Waals surface area contributed by atoms with Crippen molar-refractivity contribution in [1.29, 1.82) is 0 Å². The van der Waals surface area contributed by atoms with Crippen molar-refractivity contribution in [1.82, 2.24) is 0 Å². The van der Waals surface area contributed by atoms with Crippen LogP contribution in [0.25, 0.3) is 98.2 Å². The van der Waals surface area contributed by atoms with E-state index in [0.29, 0.717) is 0 Å². The Morgan fingerprint density at radius 2 is 0.846 bits per heavy atom. The van der Waals surface area contributed by atoms with Crippen LogP contribution in [-0.2, 0) is 0 Å². The lowest BCUT2D eigenvalue weighted by molar-refractivity contribution is 1.56. The van der Waals surface area contributed by atoms with E-state index in [-0.39, 0.29) is 0 Å². The van der Waals surface area contributed by atoms with Crippen LogP contribution in [0.15, 0.2) is 189 Å². The summed E-state index contributed by atoms with van der Waals surface area (Å²) in [4.78, 5) is 0. The first-order valence-electron chi connectivity index (χ1n) is 17.9. The molecule has 0 fully saturated rings. The molecule has 0 heterocycles. The summed E-state index contributed by atoms with van der Waals surface area (Å²) in [5.74, 6) is 0. The lowest BCUT2D eigenvalue weighted by Gasteiger charge is -2.14. The normalized spacial score (nSPS) is 11.6. The number of fused-ring (bicyclic) bond motifs is 8. The maximum absolute atomic E-state index is 4.62. The molecular formula is C52H34. The summed E-state index contributed by atoms with van der Waals surface area (Å²) < 4.78 is 0. The molecule has 11 rings (SSSR count). The smallest absolute Gasteiger partial charge is 0.00137 e. The second-order valence-corrected chi connectivity index (χ2v) is 13.6. The molecule has 11 aromatic rings. The van der Waals surface area contributed by atoms with Crippen LogP contribution in [0.5, 0.6) is 0 Å². The van der Waals surface area contributed by atoms with Crippen LogP contribution in [0.3, 0.4) is 0 Å². The van der Waals surface area contributed by atoms with Gasteiger partial charge >= 0.3 is 0 Å². The second-order valence-electron chi connectivity index (χ2n) is 13.6. The highest BCUT2D eigenvalue weighted by Gasteiger charge is 2.23. The van der Waals surface area contributed by atoms with Crippen molar-refractivity contribution < 1.29 is 0 Å². The standard InChI is InChI=1S/C46H28.C6H6/c1-3-28-13-7-8-16-30(28)27(2)31-23-24-37-41-25-39-36-21-11-20-35-32-17-9-10-18-33(32)40(45(35)36)26-42(39)43(29-14-5-4-6-15-29)46(41)38-22-12-19-34(31)44(37)38;1-2-4-6-5-3-1/h3-26H,1-2H2;1-6H. The van der Waals surface area contributed by atoms with E-state index in [9.17, 15) is 0 Å². The molecule has 0 aromatic heterocycles. The Labute approximate surface area is 302 Å². The predicted molar refractivity (Wildman–Crippen MR) is 228 cm³/mol. The van der Waals surface area contributed by atoms with E-state index in [2.05, 4.69) is 153 Å². The molecule has 0 aliphatic rings. The molecule has 0 spiro atoms. The van der Waals surface area contributed by atoms with Gasteiger partial charge in [0.05, 0.1) is 0 Å². The molecule has 0 unspecified atom stereocenters. The van der Waals surface area contributed by atoms with Crippen LogP contribution in [0, 0.1) is 0 Å². The Balaban J connectivity index is 0.000000516. The van der Waals surface area contributed by atoms with Crippen LogP contribution < -0.4 is 0 Å². The largest absolute Gasteiger partial charge is 0.0984 e. The zero-order valence-electron chi connectivity index (χ0n) is 28.7. The molecule has 0 nitrogen and oxygen atoms in total. The highest BCUT2D eigenvalue weighted by Crippen LogP contribution is 2.50. The Bertz CT molecular complexity index is 3100. The summed E-state index contributed by atoms with van der Waals surface area (Å²) in [6.45, 7) is 8.69. The fourth-order valence-electron chi connectivity index (χ4n) is 8.72. The molecule has 0 aliphatic carbocycles. The van der Waals surface area contributed by atoms with Crippen LogP contribution in [0.1, 0.15) is 16.7 Å². The van der Waals surface area contributed by atoms with E-state index in [1.165, 1.54) is 86.5 Å². The number of benzene rings is 9. The van der Waals surface area contributed by atoms with Crippen molar-refractivity contribution >= 4 is 87.1 Å².